The first-order valence-electron chi connectivity index (χ1n) is 3.45. The lowest BCUT2D eigenvalue weighted by molar-refractivity contribution is 0.782. The molecule has 64 valence electrons. The van der Waals surface area contributed by atoms with E-state index in [9.17, 15) is 4.79 Å². The third kappa shape index (κ3) is 2.13. The van der Waals surface area contributed by atoms with Crippen LogP contribution in [0.3, 0.4) is 0 Å². The van der Waals surface area contributed by atoms with Gasteiger partial charge in [0, 0.05) is 30.0 Å². The van der Waals surface area contributed by atoms with E-state index in [1.807, 2.05) is 0 Å². The number of hydrogen-bond donors (Lipinski definition) is 1. The van der Waals surface area contributed by atoms with Crippen LogP contribution >= 0.6 is 11.6 Å². The highest BCUT2D eigenvalue weighted by atomic mass is 35.5. The second kappa shape index (κ2) is 3.97. The molecule has 0 fully saturated rings. The van der Waals surface area contributed by atoms with E-state index >= 15 is 0 Å². The molecule has 4 heteroatoms. The van der Waals surface area contributed by atoms with Crippen LogP contribution in [0.25, 0.3) is 0 Å². The van der Waals surface area contributed by atoms with Crippen molar-refractivity contribution >= 4 is 17.3 Å². The zero-order chi connectivity index (χ0) is 8.97. The molecule has 0 amide bonds. The molecular weight excluding hydrogens is 176 g/mol. The van der Waals surface area contributed by atoms with E-state index in [0.717, 1.165) is 0 Å². The lowest BCUT2D eigenvalue weighted by Gasteiger charge is -2.01. The van der Waals surface area contributed by atoms with Crippen molar-refractivity contribution in [3.63, 3.8) is 0 Å². The Hall–Kier alpha value is -1.22. The molecule has 0 bridgehead atoms. The van der Waals surface area contributed by atoms with Crippen LogP contribution in [0, 0.1) is 0 Å². The van der Waals surface area contributed by atoms with Crippen LogP contribution in [0.5, 0.6) is 0 Å². The van der Waals surface area contributed by atoms with E-state index in [1.165, 1.54) is 16.2 Å². The summed E-state index contributed by atoms with van der Waals surface area (Å²) in [7, 11) is 0. The molecule has 12 heavy (non-hydrogen) atoms. The van der Waals surface area contributed by atoms with Crippen molar-refractivity contribution < 1.29 is 0 Å². The fourth-order valence-corrected chi connectivity index (χ4v) is 0.926. The molecule has 1 aromatic rings. The SMILES string of the molecule is Nc1ccc(=O)n(C/C=C/Cl)c1. The summed E-state index contributed by atoms with van der Waals surface area (Å²) in [4.78, 5) is 11.1. The highest BCUT2D eigenvalue weighted by Gasteiger charge is 1.92. The molecule has 0 aliphatic heterocycles. The maximum atomic E-state index is 11.1. The maximum Gasteiger partial charge on any atom is 0.250 e. The van der Waals surface area contributed by atoms with Crippen LogP contribution in [0.15, 0.2) is 34.7 Å². The monoisotopic (exact) mass is 184 g/mol. The first-order valence-corrected chi connectivity index (χ1v) is 3.89. The number of nitrogen functional groups attached to an aromatic ring is 1. The number of nitrogens with two attached hydrogens (primary N) is 1. The second-order valence-corrected chi connectivity index (χ2v) is 2.57. The van der Waals surface area contributed by atoms with Crippen LogP contribution in [0.1, 0.15) is 0 Å². The molecule has 0 saturated heterocycles. The Bertz CT molecular complexity index is 343. The normalized spacial score (nSPS) is 10.8. The van der Waals surface area contributed by atoms with E-state index < -0.39 is 0 Å². The third-order valence-corrected chi connectivity index (χ3v) is 1.58. The van der Waals surface area contributed by atoms with Gasteiger partial charge in [-0.3, -0.25) is 4.79 Å². The standard InChI is InChI=1S/C8H9ClN2O/c9-4-1-5-11-6-7(10)2-3-8(11)12/h1-4,6H,5,10H2/b4-1+. The zero-order valence-electron chi connectivity index (χ0n) is 6.40. The van der Waals surface area contributed by atoms with Gasteiger partial charge in [-0.05, 0) is 6.07 Å². The lowest BCUT2D eigenvalue weighted by Crippen LogP contribution is -2.17. The lowest BCUT2D eigenvalue weighted by atomic mass is 10.4. The smallest absolute Gasteiger partial charge is 0.250 e. The average Bonchev–Trinajstić information content (AvgIpc) is 2.07. The van der Waals surface area contributed by atoms with Gasteiger partial charge in [0.1, 0.15) is 0 Å². The molecule has 0 spiro atoms. The van der Waals surface area contributed by atoms with Gasteiger partial charge in [-0.2, -0.15) is 0 Å². The van der Waals surface area contributed by atoms with Crippen LogP contribution in [-0.2, 0) is 6.54 Å². The molecule has 0 saturated carbocycles. The van der Waals surface area contributed by atoms with Gasteiger partial charge in [0.2, 0.25) is 0 Å². The highest BCUT2D eigenvalue weighted by Crippen LogP contribution is 1.95. The zero-order valence-corrected chi connectivity index (χ0v) is 7.16. The molecule has 2 N–H and O–H groups in total. The van der Waals surface area contributed by atoms with Crippen molar-refractivity contribution in [2.75, 3.05) is 5.73 Å². The largest absolute Gasteiger partial charge is 0.398 e. The van der Waals surface area contributed by atoms with Crippen LogP contribution in [-0.4, -0.2) is 4.57 Å². The summed E-state index contributed by atoms with van der Waals surface area (Å²) >= 11 is 5.32. The van der Waals surface area contributed by atoms with Gasteiger partial charge in [-0.25, -0.2) is 0 Å². The minimum absolute atomic E-state index is 0.0843. The minimum Gasteiger partial charge on any atom is -0.398 e. The predicted octanol–water partition coefficient (Wildman–Crippen LogP) is 1.18. The summed E-state index contributed by atoms with van der Waals surface area (Å²) in [6.07, 6.45) is 3.25. The number of anilines is 1. The van der Waals surface area contributed by atoms with Crippen molar-refractivity contribution in [3.05, 3.63) is 40.3 Å². The van der Waals surface area contributed by atoms with Crippen LogP contribution < -0.4 is 11.3 Å². The van der Waals surface area contributed by atoms with Crippen molar-refractivity contribution in [2.24, 2.45) is 0 Å². The molecule has 0 aromatic carbocycles. The fourth-order valence-electron chi connectivity index (χ4n) is 0.846. The van der Waals surface area contributed by atoms with E-state index in [4.69, 9.17) is 17.3 Å². The summed E-state index contributed by atoms with van der Waals surface area (Å²) in [5.74, 6) is 0. The molecule has 0 unspecified atom stereocenters. The quantitative estimate of drug-likeness (QED) is 0.751. The van der Waals surface area contributed by atoms with E-state index in [0.29, 0.717) is 12.2 Å². The summed E-state index contributed by atoms with van der Waals surface area (Å²) < 4.78 is 1.48. The van der Waals surface area contributed by atoms with Crippen molar-refractivity contribution in [2.45, 2.75) is 6.54 Å². The molecule has 1 heterocycles. The predicted molar refractivity (Wildman–Crippen MR) is 50.1 cm³/mol. The maximum absolute atomic E-state index is 11.1. The topological polar surface area (TPSA) is 48.0 Å². The second-order valence-electron chi connectivity index (χ2n) is 2.31. The average molecular weight is 185 g/mol. The number of hydrogen-bond acceptors (Lipinski definition) is 2. The minimum atomic E-state index is -0.0843. The summed E-state index contributed by atoms with van der Waals surface area (Å²) in [6.45, 7) is 0.452. The van der Waals surface area contributed by atoms with Gasteiger partial charge in [-0.1, -0.05) is 17.7 Å². The number of halogens is 1. The Morgan fingerprint density at radius 3 is 3.00 bits per heavy atom. The molecule has 0 radical (unpaired) electrons. The molecule has 3 nitrogen and oxygen atoms in total. The molecule has 0 aliphatic carbocycles. The molecule has 0 atom stereocenters. The third-order valence-electron chi connectivity index (χ3n) is 1.40. The van der Waals surface area contributed by atoms with Crippen molar-refractivity contribution in [3.8, 4) is 0 Å². The number of rotatable bonds is 2. The van der Waals surface area contributed by atoms with Gasteiger partial charge >= 0.3 is 0 Å². The first-order chi connectivity index (χ1) is 5.74. The first kappa shape index (κ1) is 8.87. The van der Waals surface area contributed by atoms with Crippen molar-refractivity contribution in [1.82, 2.24) is 4.57 Å². The van der Waals surface area contributed by atoms with Crippen LogP contribution in [0.2, 0.25) is 0 Å². The summed E-state index contributed by atoms with van der Waals surface area (Å²) in [5.41, 5.74) is 7.34. The summed E-state index contributed by atoms with van der Waals surface area (Å²) in [5, 5.41) is 0. The fraction of sp³-hybridized carbons (Fsp3) is 0.125. The molecule has 0 aliphatic rings. The van der Waals surface area contributed by atoms with E-state index in [1.54, 1.807) is 18.3 Å². The van der Waals surface area contributed by atoms with E-state index in [2.05, 4.69) is 0 Å². The summed E-state index contributed by atoms with van der Waals surface area (Å²) in [6, 6.07) is 3.00. The number of pyridine rings is 1. The Morgan fingerprint density at radius 2 is 2.33 bits per heavy atom. The Labute approximate surface area is 75.1 Å². The Morgan fingerprint density at radius 1 is 1.58 bits per heavy atom. The highest BCUT2D eigenvalue weighted by molar-refractivity contribution is 6.25. The van der Waals surface area contributed by atoms with Crippen LogP contribution in [0.4, 0.5) is 5.69 Å². The van der Waals surface area contributed by atoms with Gasteiger partial charge < -0.3 is 10.3 Å². The number of nitrogens with zero attached hydrogens (tertiary/aromatic N) is 1. The van der Waals surface area contributed by atoms with Gasteiger partial charge in [-0.15, -0.1) is 0 Å². The molecule has 1 rings (SSSR count). The Kier molecular flexibility index (Phi) is 2.94. The van der Waals surface area contributed by atoms with Gasteiger partial charge in [0.15, 0.2) is 0 Å². The van der Waals surface area contributed by atoms with Gasteiger partial charge in [0.05, 0.1) is 0 Å². The molecule has 1 aromatic heterocycles. The van der Waals surface area contributed by atoms with Crippen molar-refractivity contribution in [1.29, 1.82) is 0 Å². The molecular formula is C8H9ClN2O. The number of allylic oxidation sites excluding steroid dienone is 1. The number of aromatic nitrogens is 1. The van der Waals surface area contributed by atoms with Gasteiger partial charge in [0.25, 0.3) is 5.56 Å². The Balaban J connectivity index is 2.97. The van der Waals surface area contributed by atoms with E-state index in [-0.39, 0.29) is 5.56 Å².